The molecule has 88 valence electrons. The highest BCUT2D eigenvalue weighted by atomic mass is 16.6. The van der Waals surface area contributed by atoms with Crippen molar-refractivity contribution in [3.05, 3.63) is 0 Å². The van der Waals surface area contributed by atoms with E-state index in [0.29, 0.717) is 0 Å². The molecule has 0 aromatic carbocycles. The van der Waals surface area contributed by atoms with Crippen LogP contribution in [0.4, 0.5) is 0 Å². The molecule has 0 radical (unpaired) electrons. The summed E-state index contributed by atoms with van der Waals surface area (Å²) in [5.41, 5.74) is 0. The fraction of sp³-hybridized carbons (Fsp3) is 0.556. The smallest absolute Gasteiger partial charge is 0.303 e. The predicted octanol–water partition coefficient (Wildman–Crippen LogP) is -1.15. The van der Waals surface area contributed by atoms with Crippen LogP contribution in [0.15, 0.2) is 0 Å². The monoisotopic (exact) mass is 229 g/mol. The molecule has 0 aromatic rings. The van der Waals surface area contributed by atoms with E-state index in [1.54, 1.807) is 0 Å². The van der Waals surface area contributed by atoms with Gasteiger partial charge in [-0.15, -0.1) is 0 Å². The average Bonchev–Trinajstić information content (AvgIpc) is 2.34. The third-order valence-corrected chi connectivity index (χ3v) is 2.01. The van der Waals surface area contributed by atoms with Crippen molar-refractivity contribution < 1.29 is 28.7 Å². The van der Waals surface area contributed by atoms with Crippen molar-refractivity contribution in [2.75, 3.05) is 7.05 Å². The van der Waals surface area contributed by atoms with Gasteiger partial charge in [-0.1, -0.05) is 0 Å². The highest BCUT2D eigenvalue weighted by Gasteiger charge is 2.50. The summed E-state index contributed by atoms with van der Waals surface area (Å²) in [5.74, 6) is -2.85. The topological polar surface area (TPSA) is 90.0 Å². The fourth-order valence-electron chi connectivity index (χ4n) is 1.33. The maximum atomic E-state index is 11.5. The van der Waals surface area contributed by atoms with Gasteiger partial charge >= 0.3 is 11.9 Å². The minimum Gasteiger partial charge on any atom is -0.448 e. The van der Waals surface area contributed by atoms with E-state index in [2.05, 4.69) is 9.47 Å². The third kappa shape index (κ3) is 2.18. The second kappa shape index (κ2) is 4.30. The fourth-order valence-corrected chi connectivity index (χ4v) is 1.33. The number of likely N-dealkylation sites (N-methyl/N-ethyl adjacent to an activating group) is 1. The van der Waals surface area contributed by atoms with Gasteiger partial charge in [-0.25, -0.2) is 0 Å². The highest BCUT2D eigenvalue weighted by molar-refractivity contribution is 6.08. The molecule has 1 rings (SSSR count). The molecular weight excluding hydrogens is 218 g/mol. The van der Waals surface area contributed by atoms with Crippen LogP contribution in [-0.2, 0) is 28.7 Å². The van der Waals surface area contributed by atoms with Gasteiger partial charge in [-0.05, 0) is 0 Å². The predicted molar refractivity (Wildman–Crippen MR) is 48.9 cm³/mol. The summed E-state index contributed by atoms with van der Waals surface area (Å²) in [6.45, 7) is 2.20. The SMILES string of the molecule is CC(=O)O[C@@H]1C(=O)N(C)C(=O)[C@H]1OC(C)=O. The van der Waals surface area contributed by atoms with Crippen molar-refractivity contribution in [1.82, 2.24) is 4.90 Å². The van der Waals surface area contributed by atoms with Gasteiger partial charge in [0.25, 0.3) is 11.8 Å². The van der Waals surface area contributed by atoms with Crippen LogP contribution in [0.5, 0.6) is 0 Å². The zero-order valence-electron chi connectivity index (χ0n) is 9.05. The summed E-state index contributed by atoms with van der Waals surface area (Å²) < 4.78 is 9.30. The number of hydrogen-bond acceptors (Lipinski definition) is 6. The van der Waals surface area contributed by atoms with Crippen LogP contribution >= 0.6 is 0 Å². The van der Waals surface area contributed by atoms with Crippen molar-refractivity contribution in [2.24, 2.45) is 0 Å². The van der Waals surface area contributed by atoms with Gasteiger partial charge in [-0.3, -0.25) is 24.1 Å². The molecule has 2 atom stereocenters. The van der Waals surface area contributed by atoms with Gasteiger partial charge in [0.1, 0.15) is 0 Å². The molecule has 7 nitrogen and oxygen atoms in total. The first-order valence-corrected chi connectivity index (χ1v) is 4.50. The molecule has 1 saturated heterocycles. The molecule has 1 fully saturated rings. The Labute approximate surface area is 91.3 Å². The van der Waals surface area contributed by atoms with Crippen LogP contribution in [0.3, 0.4) is 0 Å². The lowest BCUT2D eigenvalue weighted by Crippen LogP contribution is -2.36. The first kappa shape index (κ1) is 12.2. The molecule has 1 aliphatic heterocycles. The number of rotatable bonds is 2. The quantitative estimate of drug-likeness (QED) is 0.438. The van der Waals surface area contributed by atoms with E-state index >= 15 is 0 Å². The lowest BCUT2D eigenvalue weighted by Gasteiger charge is -2.14. The van der Waals surface area contributed by atoms with Crippen LogP contribution in [0.2, 0.25) is 0 Å². The lowest BCUT2D eigenvalue weighted by atomic mass is 10.2. The largest absolute Gasteiger partial charge is 0.448 e. The van der Waals surface area contributed by atoms with Crippen molar-refractivity contribution in [1.29, 1.82) is 0 Å². The van der Waals surface area contributed by atoms with Gasteiger partial charge in [0.2, 0.25) is 12.2 Å². The number of ether oxygens (including phenoxy) is 2. The number of nitrogens with zero attached hydrogens (tertiary/aromatic N) is 1. The van der Waals surface area contributed by atoms with E-state index in [-0.39, 0.29) is 0 Å². The third-order valence-electron chi connectivity index (χ3n) is 2.01. The molecule has 2 amide bonds. The number of imide groups is 1. The Kier molecular flexibility index (Phi) is 3.26. The molecule has 0 aliphatic carbocycles. The summed E-state index contributed by atoms with van der Waals surface area (Å²) in [4.78, 5) is 45.2. The van der Waals surface area contributed by atoms with E-state index in [4.69, 9.17) is 0 Å². The summed E-state index contributed by atoms with van der Waals surface area (Å²) >= 11 is 0. The van der Waals surface area contributed by atoms with Crippen LogP contribution in [0.1, 0.15) is 13.8 Å². The zero-order valence-corrected chi connectivity index (χ0v) is 9.05. The molecule has 0 unspecified atom stereocenters. The highest BCUT2D eigenvalue weighted by Crippen LogP contribution is 2.18. The number of hydrogen-bond donors (Lipinski definition) is 0. The molecule has 0 N–H and O–H groups in total. The van der Waals surface area contributed by atoms with Crippen LogP contribution in [-0.4, -0.2) is 47.9 Å². The second-order valence-corrected chi connectivity index (χ2v) is 3.30. The van der Waals surface area contributed by atoms with Gasteiger partial charge in [0.05, 0.1) is 0 Å². The molecule has 0 saturated carbocycles. The Morgan fingerprint density at radius 2 is 1.31 bits per heavy atom. The van der Waals surface area contributed by atoms with E-state index in [0.717, 1.165) is 18.7 Å². The molecule has 1 heterocycles. The zero-order chi connectivity index (χ0) is 12.5. The maximum absolute atomic E-state index is 11.5. The van der Waals surface area contributed by atoms with Gasteiger partial charge < -0.3 is 9.47 Å². The minimum absolute atomic E-state index is 0.702. The molecule has 16 heavy (non-hydrogen) atoms. The van der Waals surface area contributed by atoms with Crippen molar-refractivity contribution in [3.8, 4) is 0 Å². The Bertz CT molecular complexity index is 329. The number of esters is 2. The van der Waals surface area contributed by atoms with E-state index in [1.165, 1.54) is 7.05 Å². The number of carbonyl (C=O) groups excluding carboxylic acids is 4. The number of carbonyl (C=O) groups is 4. The van der Waals surface area contributed by atoms with Gasteiger partial charge in [0, 0.05) is 20.9 Å². The standard InChI is InChI=1S/C9H11NO6/c1-4(11)15-6-7(16-5(2)12)9(14)10(3)8(6)13/h6-7H,1-3H3/t6-,7-/m0/s1. The first-order chi connectivity index (χ1) is 7.34. The molecule has 7 heteroatoms. The molecule has 1 aliphatic rings. The number of likely N-dealkylation sites (tertiary alicyclic amines) is 1. The van der Waals surface area contributed by atoms with Crippen molar-refractivity contribution in [2.45, 2.75) is 26.1 Å². The lowest BCUT2D eigenvalue weighted by molar-refractivity contribution is -0.167. The summed E-state index contributed by atoms with van der Waals surface area (Å²) in [5, 5.41) is 0. The Balaban J connectivity index is 2.91. The van der Waals surface area contributed by atoms with Crippen molar-refractivity contribution in [3.63, 3.8) is 0 Å². The van der Waals surface area contributed by atoms with Crippen molar-refractivity contribution >= 4 is 23.8 Å². The van der Waals surface area contributed by atoms with E-state index < -0.39 is 36.0 Å². The van der Waals surface area contributed by atoms with Crippen LogP contribution in [0.25, 0.3) is 0 Å². The normalized spacial score (nSPS) is 24.6. The molecule has 0 spiro atoms. The average molecular weight is 229 g/mol. The summed E-state index contributed by atoms with van der Waals surface area (Å²) in [7, 11) is 1.23. The van der Waals surface area contributed by atoms with E-state index in [1.807, 2.05) is 0 Å². The number of amides is 2. The maximum Gasteiger partial charge on any atom is 0.303 e. The minimum atomic E-state index is -1.38. The first-order valence-electron chi connectivity index (χ1n) is 4.50. The summed E-state index contributed by atoms with van der Waals surface area (Å²) in [6.07, 6.45) is -2.75. The Hall–Kier alpha value is -1.92. The Morgan fingerprint density at radius 1 is 1.00 bits per heavy atom. The van der Waals surface area contributed by atoms with Gasteiger partial charge in [-0.2, -0.15) is 0 Å². The van der Waals surface area contributed by atoms with Crippen LogP contribution < -0.4 is 0 Å². The molecule has 0 aromatic heterocycles. The van der Waals surface area contributed by atoms with Crippen LogP contribution in [0, 0.1) is 0 Å². The van der Waals surface area contributed by atoms with Gasteiger partial charge in [0.15, 0.2) is 0 Å². The second-order valence-electron chi connectivity index (χ2n) is 3.30. The molecule has 0 bridgehead atoms. The Morgan fingerprint density at radius 3 is 1.56 bits per heavy atom. The summed E-state index contributed by atoms with van der Waals surface area (Å²) in [6, 6.07) is 0. The van der Waals surface area contributed by atoms with E-state index in [9.17, 15) is 19.2 Å². The molecular formula is C9H11NO6.